The van der Waals surface area contributed by atoms with E-state index in [1.165, 1.54) is 11.1 Å². The smallest absolute Gasteiger partial charge is 0.125 e. The van der Waals surface area contributed by atoms with Crippen LogP contribution in [0.4, 0.5) is 0 Å². The van der Waals surface area contributed by atoms with E-state index in [1.54, 1.807) is 7.11 Å². The fourth-order valence-corrected chi connectivity index (χ4v) is 2.84. The van der Waals surface area contributed by atoms with Gasteiger partial charge < -0.3 is 9.47 Å². The molecule has 2 aromatic carbocycles. The van der Waals surface area contributed by atoms with Crippen LogP contribution in [-0.4, -0.2) is 7.11 Å². The van der Waals surface area contributed by atoms with E-state index in [0.29, 0.717) is 6.61 Å². The lowest BCUT2D eigenvalue weighted by Gasteiger charge is -2.15. The Labute approximate surface area is 135 Å². The molecule has 0 aliphatic carbocycles. The molecule has 0 aromatic heterocycles. The largest absolute Gasteiger partial charge is 0.496 e. The van der Waals surface area contributed by atoms with Crippen molar-refractivity contribution in [2.75, 3.05) is 7.11 Å². The van der Waals surface area contributed by atoms with Crippen LogP contribution in [0.1, 0.15) is 27.8 Å². The Morgan fingerprint density at radius 1 is 1.00 bits per heavy atom. The van der Waals surface area contributed by atoms with Crippen LogP contribution in [-0.2, 0) is 11.9 Å². The summed E-state index contributed by atoms with van der Waals surface area (Å²) in [5.41, 5.74) is 5.87. The fourth-order valence-electron chi connectivity index (χ4n) is 2.51. The van der Waals surface area contributed by atoms with E-state index >= 15 is 0 Å². The first-order valence-corrected chi connectivity index (χ1v) is 8.09. The molecule has 2 aromatic rings. The van der Waals surface area contributed by atoms with Gasteiger partial charge in [-0.05, 0) is 49.6 Å². The van der Waals surface area contributed by atoms with Crippen LogP contribution in [0.25, 0.3) is 0 Å². The quantitative estimate of drug-likeness (QED) is 0.700. The van der Waals surface area contributed by atoms with E-state index in [9.17, 15) is 0 Å². The van der Waals surface area contributed by atoms with Crippen molar-refractivity contribution in [3.8, 4) is 11.5 Å². The van der Waals surface area contributed by atoms with Crippen molar-refractivity contribution in [3.05, 3.63) is 58.1 Å². The van der Waals surface area contributed by atoms with E-state index in [4.69, 9.17) is 9.47 Å². The third-order valence-electron chi connectivity index (χ3n) is 3.48. The normalized spacial score (nSPS) is 10.5. The maximum atomic E-state index is 6.06. The van der Waals surface area contributed by atoms with E-state index in [0.717, 1.165) is 33.5 Å². The molecule has 2 nitrogen and oxygen atoms in total. The molecule has 0 heterocycles. The first kappa shape index (κ1) is 15.9. The highest BCUT2D eigenvalue weighted by atomic mass is 79.9. The molecule has 0 atom stereocenters. The molecule has 112 valence electrons. The number of halogens is 1. The Morgan fingerprint density at radius 2 is 1.67 bits per heavy atom. The summed E-state index contributed by atoms with van der Waals surface area (Å²) in [7, 11) is 1.69. The van der Waals surface area contributed by atoms with Gasteiger partial charge in [0, 0.05) is 10.9 Å². The van der Waals surface area contributed by atoms with Crippen molar-refractivity contribution >= 4 is 15.9 Å². The molecule has 0 aliphatic rings. The number of alkyl halides is 1. The Morgan fingerprint density at radius 3 is 2.24 bits per heavy atom. The number of ether oxygens (including phenoxy) is 2. The summed E-state index contributed by atoms with van der Waals surface area (Å²) in [4.78, 5) is 0. The second kappa shape index (κ2) is 6.99. The maximum absolute atomic E-state index is 6.06. The standard InChI is InChI=1S/C18H21BrO2/c1-12-5-6-17(20-4)16(7-12)11-21-18-13(2)8-15(10-19)9-14(18)3/h5-9H,10-11H2,1-4H3. The van der Waals surface area contributed by atoms with Crippen molar-refractivity contribution in [2.45, 2.75) is 32.7 Å². The van der Waals surface area contributed by atoms with Crippen molar-refractivity contribution in [2.24, 2.45) is 0 Å². The van der Waals surface area contributed by atoms with Crippen LogP contribution >= 0.6 is 15.9 Å². The van der Waals surface area contributed by atoms with E-state index in [-0.39, 0.29) is 0 Å². The Hall–Kier alpha value is -1.48. The Balaban J connectivity index is 2.22. The van der Waals surface area contributed by atoms with Crippen molar-refractivity contribution in [1.29, 1.82) is 0 Å². The molecule has 21 heavy (non-hydrogen) atoms. The van der Waals surface area contributed by atoms with E-state index in [1.807, 2.05) is 12.1 Å². The lowest BCUT2D eigenvalue weighted by atomic mass is 10.1. The maximum Gasteiger partial charge on any atom is 0.125 e. The first-order chi connectivity index (χ1) is 10.0. The summed E-state index contributed by atoms with van der Waals surface area (Å²) < 4.78 is 11.5. The van der Waals surface area contributed by atoms with E-state index in [2.05, 4.69) is 54.9 Å². The zero-order chi connectivity index (χ0) is 15.4. The molecule has 0 N–H and O–H groups in total. The number of benzene rings is 2. The second-order valence-corrected chi connectivity index (χ2v) is 5.86. The molecule has 0 saturated carbocycles. The number of hydrogen-bond acceptors (Lipinski definition) is 2. The van der Waals surface area contributed by atoms with Crippen molar-refractivity contribution in [1.82, 2.24) is 0 Å². The van der Waals surface area contributed by atoms with Crippen LogP contribution < -0.4 is 9.47 Å². The van der Waals surface area contributed by atoms with Gasteiger partial charge in [-0.3, -0.25) is 0 Å². The van der Waals surface area contributed by atoms with Gasteiger partial charge in [0.15, 0.2) is 0 Å². The molecule has 0 fully saturated rings. The topological polar surface area (TPSA) is 18.5 Å². The molecule has 3 heteroatoms. The zero-order valence-corrected chi connectivity index (χ0v) is 14.6. The predicted molar refractivity (Wildman–Crippen MR) is 90.6 cm³/mol. The number of aryl methyl sites for hydroxylation is 3. The van der Waals surface area contributed by atoms with Crippen LogP contribution in [0.15, 0.2) is 30.3 Å². The third kappa shape index (κ3) is 3.79. The van der Waals surface area contributed by atoms with Gasteiger partial charge in [0.1, 0.15) is 18.1 Å². The zero-order valence-electron chi connectivity index (χ0n) is 13.0. The summed E-state index contributed by atoms with van der Waals surface area (Å²) >= 11 is 3.50. The third-order valence-corrected chi connectivity index (χ3v) is 4.13. The molecule has 0 spiro atoms. The minimum absolute atomic E-state index is 0.514. The lowest BCUT2D eigenvalue weighted by Crippen LogP contribution is -2.02. The molecule has 2 rings (SSSR count). The van der Waals surface area contributed by atoms with Gasteiger partial charge >= 0.3 is 0 Å². The van der Waals surface area contributed by atoms with Crippen molar-refractivity contribution in [3.63, 3.8) is 0 Å². The van der Waals surface area contributed by atoms with Gasteiger partial charge in [0.05, 0.1) is 7.11 Å². The Kier molecular flexibility index (Phi) is 5.29. The fraction of sp³-hybridized carbons (Fsp3) is 0.333. The first-order valence-electron chi connectivity index (χ1n) is 6.97. The number of methoxy groups -OCH3 is 1. The lowest BCUT2D eigenvalue weighted by molar-refractivity contribution is 0.293. The SMILES string of the molecule is COc1ccc(C)cc1COc1c(C)cc(CBr)cc1C. The summed E-state index contributed by atoms with van der Waals surface area (Å²) in [6.45, 7) is 6.76. The second-order valence-electron chi connectivity index (χ2n) is 5.30. The predicted octanol–water partition coefficient (Wildman–Crippen LogP) is 5.09. The summed E-state index contributed by atoms with van der Waals surface area (Å²) in [6.07, 6.45) is 0. The number of rotatable bonds is 5. The van der Waals surface area contributed by atoms with Gasteiger partial charge in [-0.1, -0.05) is 39.7 Å². The van der Waals surface area contributed by atoms with Crippen LogP contribution in [0.3, 0.4) is 0 Å². The van der Waals surface area contributed by atoms with Gasteiger partial charge in [-0.25, -0.2) is 0 Å². The molecule has 0 aliphatic heterocycles. The molecular weight excluding hydrogens is 328 g/mol. The molecule has 0 amide bonds. The molecule has 0 unspecified atom stereocenters. The van der Waals surface area contributed by atoms with Crippen LogP contribution in [0, 0.1) is 20.8 Å². The summed E-state index contributed by atoms with van der Waals surface area (Å²) in [5.74, 6) is 1.83. The van der Waals surface area contributed by atoms with E-state index < -0.39 is 0 Å². The van der Waals surface area contributed by atoms with Crippen LogP contribution in [0.2, 0.25) is 0 Å². The summed E-state index contributed by atoms with van der Waals surface area (Å²) in [5, 5.41) is 0.862. The molecule has 0 saturated heterocycles. The monoisotopic (exact) mass is 348 g/mol. The Bertz CT molecular complexity index is 612. The highest BCUT2D eigenvalue weighted by Gasteiger charge is 2.09. The molecular formula is C18H21BrO2. The highest BCUT2D eigenvalue weighted by Crippen LogP contribution is 2.28. The average molecular weight is 349 g/mol. The van der Waals surface area contributed by atoms with Gasteiger partial charge in [0.2, 0.25) is 0 Å². The molecule has 0 radical (unpaired) electrons. The minimum atomic E-state index is 0.514. The van der Waals surface area contributed by atoms with Gasteiger partial charge in [0.25, 0.3) is 0 Å². The van der Waals surface area contributed by atoms with Gasteiger partial charge in [-0.2, -0.15) is 0 Å². The van der Waals surface area contributed by atoms with Gasteiger partial charge in [-0.15, -0.1) is 0 Å². The minimum Gasteiger partial charge on any atom is -0.496 e. The summed E-state index contributed by atoms with van der Waals surface area (Å²) in [6, 6.07) is 10.5. The highest BCUT2D eigenvalue weighted by molar-refractivity contribution is 9.08. The number of hydrogen-bond donors (Lipinski definition) is 0. The van der Waals surface area contributed by atoms with Crippen LogP contribution in [0.5, 0.6) is 11.5 Å². The van der Waals surface area contributed by atoms with Crippen molar-refractivity contribution < 1.29 is 9.47 Å². The average Bonchev–Trinajstić information content (AvgIpc) is 2.46. The molecule has 0 bridgehead atoms.